The number of fused-ring (bicyclic) bond motifs is 2. The van der Waals surface area contributed by atoms with Crippen molar-refractivity contribution in [2.45, 2.75) is 43.6 Å². The summed E-state index contributed by atoms with van der Waals surface area (Å²) in [4.78, 5) is 27.1. The number of carbonyl (C=O) groups is 2. The molecule has 1 aliphatic heterocycles. The van der Waals surface area contributed by atoms with Gasteiger partial charge in [-0.25, -0.2) is 0 Å². The first-order valence-electron chi connectivity index (χ1n) is 10.5. The van der Waals surface area contributed by atoms with E-state index in [1.807, 2.05) is 47.4 Å². The van der Waals surface area contributed by atoms with Gasteiger partial charge in [0.25, 0.3) is 5.91 Å². The highest BCUT2D eigenvalue weighted by Gasteiger charge is 2.40. The molecule has 3 aliphatic rings. The minimum atomic E-state index is 0.00499. The molecule has 5 rings (SSSR count). The Hall–Kier alpha value is -2.27. The molecule has 2 bridgehead atoms. The third-order valence-corrected chi connectivity index (χ3v) is 7.93. The van der Waals surface area contributed by atoms with Crippen molar-refractivity contribution in [1.82, 2.24) is 10.2 Å². The Balaban J connectivity index is 1.26. The summed E-state index contributed by atoms with van der Waals surface area (Å²) in [6.45, 7) is 0.615. The van der Waals surface area contributed by atoms with Crippen LogP contribution in [0.3, 0.4) is 0 Å². The average molecular weight is 407 g/mol. The maximum Gasteiger partial charge on any atom is 0.251 e. The number of hydrogen-bond acceptors (Lipinski definition) is 3. The number of amides is 2. The average Bonchev–Trinajstić information content (AvgIpc) is 3.46. The van der Waals surface area contributed by atoms with Gasteiger partial charge in [0.2, 0.25) is 5.91 Å². The molecule has 3 fully saturated rings. The summed E-state index contributed by atoms with van der Waals surface area (Å²) in [6.07, 6.45) is 5.03. The smallest absolute Gasteiger partial charge is 0.251 e. The summed E-state index contributed by atoms with van der Waals surface area (Å²) in [7, 11) is 0. The van der Waals surface area contributed by atoms with Crippen LogP contribution in [-0.4, -0.2) is 28.5 Å². The van der Waals surface area contributed by atoms with Crippen molar-refractivity contribution in [3.05, 3.63) is 71.3 Å². The van der Waals surface area contributed by atoms with Crippen LogP contribution >= 0.6 is 11.8 Å². The van der Waals surface area contributed by atoms with Gasteiger partial charge in [0.15, 0.2) is 0 Å². The second kappa shape index (κ2) is 7.86. The molecule has 150 valence electrons. The number of carbonyl (C=O) groups excluding carboxylic acids is 2. The van der Waals surface area contributed by atoms with Crippen molar-refractivity contribution >= 4 is 23.6 Å². The monoisotopic (exact) mass is 406 g/mol. The minimum absolute atomic E-state index is 0.00499. The van der Waals surface area contributed by atoms with E-state index in [0.717, 1.165) is 23.5 Å². The van der Waals surface area contributed by atoms with Crippen molar-refractivity contribution in [2.24, 2.45) is 11.8 Å². The Morgan fingerprint density at radius 3 is 2.52 bits per heavy atom. The summed E-state index contributed by atoms with van der Waals surface area (Å²) in [5, 5.41) is 3.26. The Morgan fingerprint density at radius 1 is 1.03 bits per heavy atom. The fraction of sp³-hybridized carbons (Fsp3) is 0.417. The Bertz CT molecular complexity index is 899. The van der Waals surface area contributed by atoms with E-state index in [1.54, 1.807) is 11.8 Å². The van der Waals surface area contributed by atoms with Gasteiger partial charge in [-0.05, 0) is 54.4 Å². The topological polar surface area (TPSA) is 49.4 Å². The van der Waals surface area contributed by atoms with E-state index in [9.17, 15) is 9.59 Å². The number of nitrogens with one attached hydrogen (secondary N) is 1. The maximum atomic E-state index is 12.7. The largest absolute Gasteiger partial charge is 0.349 e. The lowest BCUT2D eigenvalue weighted by molar-refractivity contribution is -0.128. The molecule has 1 saturated heterocycles. The van der Waals surface area contributed by atoms with Crippen LogP contribution in [0.2, 0.25) is 0 Å². The number of rotatable bonds is 5. The molecule has 0 radical (unpaired) electrons. The normalized spacial score (nSPS) is 28.1. The SMILES string of the molecule is O=C(N[C@H]1C[C@@H]2CC[C@H]1C2)c1ccc([C@H]2SCC(=O)N2Cc2ccccc2)cc1. The zero-order chi connectivity index (χ0) is 19.8. The van der Waals surface area contributed by atoms with Crippen LogP contribution in [0, 0.1) is 11.8 Å². The van der Waals surface area contributed by atoms with Crippen molar-refractivity contribution < 1.29 is 9.59 Å². The van der Waals surface area contributed by atoms with Gasteiger partial charge in [0.1, 0.15) is 5.37 Å². The molecule has 2 aromatic carbocycles. The van der Waals surface area contributed by atoms with Crippen molar-refractivity contribution in [2.75, 3.05) is 5.75 Å². The van der Waals surface area contributed by atoms with Gasteiger partial charge in [-0.1, -0.05) is 48.9 Å². The summed E-state index contributed by atoms with van der Waals surface area (Å²) < 4.78 is 0. The molecule has 29 heavy (non-hydrogen) atoms. The highest BCUT2D eigenvalue weighted by molar-refractivity contribution is 8.00. The van der Waals surface area contributed by atoms with Gasteiger partial charge in [0, 0.05) is 18.2 Å². The molecule has 4 nitrogen and oxygen atoms in total. The molecule has 2 saturated carbocycles. The van der Waals surface area contributed by atoms with Crippen LogP contribution in [-0.2, 0) is 11.3 Å². The van der Waals surface area contributed by atoms with Crippen LogP contribution in [0.15, 0.2) is 54.6 Å². The molecule has 2 aromatic rings. The van der Waals surface area contributed by atoms with Crippen LogP contribution in [0.25, 0.3) is 0 Å². The summed E-state index contributed by atoms with van der Waals surface area (Å²) in [6, 6.07) is 18.3. The van der Waals surface area contributed by atoms with E-state index in [0.29, 0.717) is 29.8 Å². The van der Waals surface area contributed by atoms with E-state index >= 15 is 0 Å². The van der Waals surface area contributed by atoms with Gasteiger partial charge in [0.05, 0.1) is 5.75 Å². The Kier molecular flexibility index (Phi) is 5.08. The van der Waals surface area contributed by atoms with Gasteiger partial charge in [-0.15, -0.1) is 11.8 Å². The second-order valence-corrected chi connectivity index (χ2v) is 9.62. The van der Waals surface area contributed by atoms with Crippen LogP contribution < -0.4 is 5.32 Å². The Labute approximate surface area is 176 Å². The first-order valence-corrected chi connectivity index (χ1v) is 11.6. The minimum Gasteiger partial charge on any atom is -0.349 e. The quantitative estimate of drug-likeness (QED) is 0.802. The van der Waals surface area contributed by atoms with Crippen LogP contribution in [0.5, 0.6) is 0 Å². The Morgan fingerprint density at radius 2 is 1.83 bits per heavy atom. The molecule has 0 aromatic heterocycles. The fourth-order valence-electron chi connectivity index (χ4n) is 5.15. The highest BCUT2D eigenvalue weighted by atomic mass is 32.2. The molecule has 2 amide bonds. The lowest BCUT2D eigenvalue weighted by Gasteiger charge is -2.25. The van der Waals surface area contributed by atoms with Gasteiger partial charge in [-0.3, -0.25) is 9.59 Å². The predicted molar refractivity (Wildman–Crippen MR) is 115 cm³/mol. The number of hydrogen-bond donors (Lipinski definition) is 1. The van der Waals surface area contributed by atoms with E-state index in [-0.39, 0.29) is 17.2 Å². The molecule has 2 aliphatic carbocycles. The zero-order valence-electron chi connectivity index (χ0n) is 16.4. The summed E-state index contributed by atoms with van der Waals surface area (Å²) >= 11 is 1.66. The molecule has 4 atom stereocenters. The van der Waals surface area contributed by atoms with E-state index in [1.165, 1.54) is 19.3 Å². The standard InChI is InChI=1S/C24H26N2O2S/c27-22-15-29-24(26(22)14-16-4-2-1-3-5-16)19-10-8-18(9-11-19)23(28)25-21-13-17-6-7-20(21)12-17/h1-5,8-11,17,20-21,24H,6-7,12-15H2,(H,25,28)/t17-,20+,21+,24-/m1/s1. The maximum absolute atomic E-state index is 12.7. The second-order valence-electron chi connectivity index (χ2n) is 8.55. The molecular formula is C24H26N2O2S. The molecule has 0 spiro atoms. The van der Waals surface area contributed by atoms with Gasteiger partial charge in [-0.2, -0.15) is 0 Å². The molecule has 5 heteroatoms. The number of nitrogens with zero attached hydrogens (tertiary/aromatic N) is 1. The van der Waals surface area contributed by atoms with Gasteiger partial charge < -0.3 is 10.2 Å². The number of benzene rings is 2. The molecular weight excluding hydrogens is 380 g/mol. The van der Waals surface area contributed by atoms with Crippen molar-refractivity contribution in [3.8, 4) is 0 Å². The van der Waals surface area contributed by atoms with Crippen molar-refractivity contribution in [3.63, 3.8) is 0 Å². The van der Waals surface area contributed by atoms with E-state index in [2.05, 4.69) is 17.4 Å². The lowest BCUT2D eigenvalue weighted by Crippen LogP contribution is -2.38. The third-order valence-electron chi connectivity index (χ3n) is 6.68. The molecule has 1 heterocycles. The van der Waals surface area contributed by atoms with E-state index in [4.69, 9.17) is 0 Å². The summed E-state index contributed by atoms with van der Waals surface area (Å²) in [5.41, 5.74) is 2.92. The predicted octanol–water partition coefficient (Wildman–Crippen LogP) is 4.38. The third kappa shape index (κ3) is 3.80. The van der Waals surface area contributed by atoms with Crippen LogP contribution in [0.4, 0.5) is 0 Å². The molecule has 1 N–H and O–H groups in total. The van der Waals surface area contributed by atoms with Gasteiger partial charge >= 0.3 is 0 Å². The lowest BCUT2D eigenvalue weighted by atomic mass is 9.95. The van der Waals surface area contributed by atoms with E-state index < -0.39 is 0 Å². The first-order chi connectivity index (χ1) is 14.2. The zero-order valence-corrected chi connectivity index (χ0v) is 17.2. The highest BCUT2D eigenvalue weighted by Crippen LogP contribution is 2.44. The fourth-order valence-corrected chi connectivity index (χ4v) is 6.34. The first kappa shape index (κ1) is 18.7. The van der Waals surface area contributed by atoms with Crippen molar-refractivity contribution in [1.29, 1.82) is 0 Å². The summed E-state index contributed by atoms with van der Waals surface area (Å²) in [5.74, 6) is 2.20. The molecule has 0 unspecified atom stereocenters. The number of thioether (sulfide) groups is 1. The van der Waals surface area contributed by atoms with Crippen LogP contribution in [0.1, 0.15) is 52.5 Å².